The smallest absolute Gasteiger partial charge is 0.242 e. The minimum atomic E-state index is -0.596. The molecule has 0 aliphatic heterocycles. The summed E-state index contributed by atoms with van der Waals surface area (Å²) < 4.78 is 0. The van der Waals surface area contributed by atoms with E-state index < -0.39 is 6.04 Å². The van der Waals surface area contributed by atoms with E-state index in [4.69, 9.17) is 5.73 Å². The number of amides is 2. The molecule has 0 saturated carbocycles. The molecule has 1 rings (SSSR count). The van der Waals surface area contributed by atoms with Crippen LogP contribution in [0.5, 0.6) is 0 Å². The van der Waals surface area contributed by atoms with Crippen LogP contribution in [0.2, 0.25) is 0 Å². The number of halogens is 2. The van der Waals surface area contributed by atoms with Gasteiger partial charge in [-0.05, 0) is 26.2 Å². The third kappa shape index (κ3) is 7.09. The molecule has 1 aromatic rings. The summed E-state index contributed by atoms with van der Waals surface area (Å²) in [4.78, 5) is 31.4. The van der Waals surface area contributed by atoms with Gasteiger partial charge in [-0.2, -0.15) is 0 Å². The van der Waals surface area contributed by atoms with Crippen LogP contribution < -0.4 is 11.1 Å². The summed E-state index contributed by atoms with van der Waals surface area (Å²) in [5, 5.41) is 3.69. The van der Waals surface area contributed by atoms with Crippen molar-refractivity contribution in [2.24, 2.45) is 11.7 Å². The molecule has 9 heteroatoms. The molecule has 0 bridgehead atoms. The van der Waals surface area contributed by atoms with Gasteiger partial charge in [-0.3, -0.25) is 9.59 Å². The SMILES string of the molecule is CCc1nc(C)c(C(C)N(C)C(=O)CNC(=O)[C@@H](N)C(C)C)s1.Cl.Cl. The highest BCUT2D eigenvalue weighted by atomic mass is 35.5. The molecule has 0 fully saturated rings. The van der Waals surface area contributed by atoms with Crippen molar-refractivity contribution < 1.29 is 9.59 Å². The number of hydrogen-bond donors (Lipinski definition) is 2. The summed E-state index contributed by atoms with van der Waals surface area (Å²) in [6, 6.07) is -0.669. The number of carbonyl (C=O) groups is 2. The Hall–Kier alpha value is -0.890. The Kier molecular flexibility index (Phi) is 12.3. The fourth-order valence-electron chi connectivity index (χ4n) is 2.10. The van der Waals surface area contributed by atoms with Crippen LogP contribution >= 0.6 is 36.2 Å². The van der Waals surface area contributed by atoms with Crippen molar-refractivity contribution in [3.63, 3.8) is 0 Å². The van der Waals surface area contributed by atoms with Gasteiger partial charge in [0.1, 0.15) is 0 Å². The molecule has 1 heterocycles. The van der Waals surface area contributed by atoms with E-state index >= 15 is 0 Å². The van der Waals surface area contributed by atoms with Crippen molar-refractivity contribution in [3.05, 3.63) is 15.6 Å². The van der Waals surface area contributed by atoms with Crippen LogP contribution in [-0.4, -0.2) is 41.3 Å². The number of hydrogen-bond acceptors (Lipinski definition) is 5. The number of aromatic nitrogens is 1. The maximum Gasteiger partial charge on any atom is 0.242 e. The first-order chi connectivity index (χ1) is 10.7. The number of nitrogens with zero attached hydrogens (tertiary/aromatic N) is 2. The van der Waals surface area contributed by atoms with Crippen molar-refractivity contribution in [3.8, 4) is 0 Å². The quantitative estimate of drug-likeness (QED) is 0.719. The molecule has 2 amide bonds. The van der Waals surface area contributed by atoms with Crippen molar-refractivity contribution >= 4 is 48.0 Å². The summed E-state index contributed by atoms with van der Waals surface area (Å²) >= 11 is 1.63. The zero-order valence-corrected chi connectivity index (χ0v) is 18.1. The van der Waals surface area contributed by atoms with Gasteiger partial charge in [0.05, 0.1) is 29.3 Å². The van der Waals surface area contributed by atoms with Crippen molar-refractivity contribution in [1.82, 2.24) is 15.2 Å². The highest BCUT2D eigenvalue weighted by Gasteiger charge is 2.23. The average molecular weight is 413 g/mol. The minimum Gasteiger partial charge on any atom is -0.346 e. The van der Waals surface area contributed by atoms with E-state index in [1.165, 1.54) is 0 Å². The molecule has 0 aliphatic rings. The second-order valence-corrected chi connectivity index (χ2v) is 7.19. The van der Waals surface area contributed by atoms with Gasteiger partial charge < -0.3 is 16.0 Å². The second-order valence-electron chi connectivity index (χ2n) is 6.08. The van der Waals surface area contributed by atoms with Gasteiger partial charge in [0.2, 0.25) is 11.8 Å². The van der Waals surface area contributed by atoms with Gasteiger partial charge in [0.15, 0.2) is 0 Å². The van der Waals surface area contributed by atoms with Crippen molar-refractivity contribution in [2.75, 3.05) is 13.6 Å². The van der Waals surface area contributed by atoms with Crippen LogP contribution in [0.1, 0.15) is 49.3 Å². The summed E-state index contributed by atoms with van der Waals surface area (Å²) in [5.41, 5.74) is 6.73. The zero-order chi connectivity index (χ0) is 17.7. The summed E-state index contributed by atoms with van der Waals surface area (Å²) in [5.74, 6) is -0.404. The molecule has 3 N–H and O–H groups in total. The molecule has 25 heavy (non-hydrogen) atoms. The number of nitrogens with two attached hydrogens (primary N) is 1. The number of nitrogens with one attached hydrogen (secondary N) is 1. The maximum atomic E-state index is 12.3. The largest absolute Gasteiger partial charge is 0.346 e. The normalized spacial score (nSPS) is 12.6. The molecule has 146 valence electrons. The fourth-order valence-corrected chi connectivity index (χ4v) is 3.21. The lowest BCUT2D eigenvalue weighted by Crippen LogP contribution is -2.47. The first-order valence-corrected chi connectivity index (χ1v) is 8.75. The Morgan fingerprint density at radius 2 is 1.84 bits per heavy atom. The Morgan fingerprint density at radius 3 is 2.28 bits per heavy atom. The number of aryl methyl sites for hydroxylation is 2. The van der Waals surface area contributed by atoms with Crippen molar-refractivity contribution in [1.29, 1.82) is 0 Å². The highest BCUT2D eigenvalue weighted by Crippen LogP contribution is 2.28. The molecule has 1 unspecified atom stereocenters. The molecule has 0 spiro atoms. The summed E-state index contributed by atoms with van der Waals surface area (Å²) in [7, 11) is 1.74. The topological polar surface area (TPSA) is 88.3 Å². The molecule has 1 aromatic heterocycles. The minimum absolute atomic E-state index is 0. The molecule has 0 saturated heterocycles. The predicted molar refractivity (Wildman–Crippen MR) is 108 cm³/mol. The molecule has 0 radical (unpaired) electrons. The number of likely N-dealkylation sites (N-methyl/N-ethyl adjacent to an activating group) is 1. The van der Waals surface area contributed by atoms with Gasteiger partial charge in [0, 0.05) is 11.9 Å². The Morgan fingerprint density at radius 1 is 1.28 bits per heavy atom. The average Bonchev–Trinajstić information content (AvgIpc) is 2.90. The first-order valence-electron chi connectivity index (χ1n) is 7.94. The first kappa shape index (κ1) is 26.3. The number of carbonyl (C=O) groups excluding carboxylic acids is 2. The van der Waals surface area contributed by atoms with Crippen molar-refractivity contribution in [2.45, 2.75) is 53.1 Å². The van der Waals surface area contributed by atoms with E-state index in [2.05, 4.69) is 17.2 Å². The Bertz CT molecular complexity index is 566. The van der Waals surface area contributed by atoms with Gasteiger partial charge in [0.25, 0.3) is 0 Å². The summed E-state index contributed by atoms with van der Waals surface area (Å²) in [6.45, 7) is 9.70. The molecular formula is C16H30Cl2N4O2S. The molecular weight excluding hydrogens is 383 g/mol. The van der Waals surface area contributed by atoms with Gasteiger partial charge in [-0.25, -0.2) is 4.98 Å². The van der Waals surface area contributed by atoms with Gasteiger partial charge in [-0.1, -0.05) is 20.8 Å². The lowest BCUT2D eigenvalue weighted by molar-refractivity contribution is -0.133. The van der Waals surface area contributed by atoms with E-state index in [1.54, 1.807) is 23.3 Å². The standard InChI is InChI=1S/C16H28N4O2S.2ClH/c1-7-12-19-10(4)15(23-12)11(5)20(6)13(21)8-18-16(22)14(17)9(2)3;;/h9,11,14H,7-8,17H2,1-6H3,(H,18,22);2*1H/t11?,14-;;/m0../s1. The molecule has 0 aromatic carbocycles. The van der Waals surface area contributed by atoms with Gasteiger partial charge >= 0.3 is 0 Å². The van der Waals surface area contributed by atoms with Gasteiger partial charge in [-0.15, -0.1) is 36.2 Å². The van der Waals surface area contributed by atoms with Crippen LogP contribution in [0.15, 0.2) is 0 Å². The monoisotopic (exact) mass is 412 g/mol. The second kappa shape index (κ2) is 11.7. The molecule has 2 atom stereocenters. The van der Waals surface area contributed by atoms with E-state index in [0.29, 0.717) is 0 Å². The van der Waals surface area contributed by atoms with E-state index in [-0.39, 0.29) is 55.1 Å². The van der Waals surface area contributed by atoms with Crippen LogP contribution in [0.25, 0.3) is 0 Å². The molecule has 0 aliphatic carbocycles. The number of rotatable bonds is 7. The number of thiazole rings is 1. The third-order valence-electron chi connectivity index (χ3n) is 3.97. The zero-order valence-electron chi connectivity index (χ0n) is 15.7. The van der Waals surface area contributed by atoms with Crippen LogP contribution in [0.4, 0.5) is 0 Å². The predicted octanol–water partition coefficient (Wildman–Crippen LogP) is 2.48. The van der Waals surface area contributed by atoms with Crippen LogP contribution in [0.3, 0.4) is 0 Å². The van der Waals surface area contributed by atoms with E-state index in [9.17, 15) is 9.59 Å². The van der Waals surface area contributed by atoms with E-state index in [0.717, 1.165) is 22.0 Å². The lowest BCUT2D eigenvalue weighted by atomic mass is 10.1. The van der Waals surface area contributed by atoms with E-state index in [1.807, 2.05) is 27.7 Å². The maximum absolute atomic E-state index is 12.3. The van der Waals surface area contributed by atoms with Crippen LogP contribution in [0, 0.1) is 12.8 Å². The Balaban J connectivity index is 0. The fraction of sp³-hybridized carbons (Fsp3) is 0.688. The molecule has 6 nitrogen and oxygen atoms in total. The summed E-state index contributed by atoms with van der Waals surface area (Å²) in [6.07, 6.45) is 0.888. The Labute approximate surface area is 166 Å². The third-order valence-corrected chi connectivity index (χ3v) is 5.44. The highest BCUT2D eigenvalue weighted by molar-refractivity contribution is 7.11. The lowest BCUT2D eigenvalue weighted by Gasteiger charge is -2.25. The van der Waals surface area contributed by atoms with Crippen LogP contribution in [-0.2, 0) is 16.0 Å².